The molecular formula is C14H22N2O5. The average molecular weight is 298 g/mol. The van der Waals surface area contributed by atoms with Crippen molar-refractivity contribution in [2.45, 2.75) is 38.8 Å². The van der Waals surface area contributed by atoms with Crippen molar-refractivity contribution in [2.75, 3.05) is 19.6 Å². The summed E-state index contributed by atoms with van der Waals surface area (Å²) in [6.45, 7) is 4.98. The van der Waals surface area contributed by atoms with Crippen LogP contribution in [-0.2, 0) is 14.4 Å². The van der Waals surface area contributed by atoms with Crippen LogP contribution in [0.25, 0.3) is 0 Å². The number of hydrogen-bond donors (Lipinski definition) is 2. The highest BCUT2D eigenvalue weighted by atomic mass is 16.4. The van der Waals surface area contributed by atoms with E-state index >= 15 is 0 Å². The van der Waals surface area contributed by atoms with Crippen molar-refractivity contribution in [1.29, 1.82) is 0 Å². The molecule has 0 bridgehead atoms. The minimum Gasteiger partial charge on any atom is -0.480 e. The molecule has 118 valence electrons. The first-order valence-corrected chi connectivity index (χ1v) is 7.28. The van der Waals surface area contributed by atoms with Gasteiger partial charge in [-0.05, 0) is 5.92 Å². The molecule has 7 heteroatoms. The Bertz CT molecular complexity index is 451. The number of amides is 2. The first-order valence-electron chi connectivity index (χ1n) is 7.28. The Labute approximate surface area is 123 Å². The number of aliphatic carboxylic acids is 1. The number of aliphatic hydroxyl groups is 1. The molecule has 21 heavy (non-hydrogen) atoms. The Morgan fingerprint density at radius 3 is 2.57 bits per heavy atom. The Morgan fingerprint density at radius 2 is 2.00 bits per heavy atom. The van der Waals surface area contributed by atoms with E-state index in [1.165, 1.54) is 4.90 Å². The van der Waals surface area contributed by atoms with E-state index in [-0.39, 0.29) is 31.2 Å². The third kappa shape index (κ3) is 3.34. The van der Waals surface area contributed by atoms with Crippen LogP contribution in [0.5, 0.6) is 0 Å². The van der Waals surface area contributed by atoms with Gasteiger partial charge in [0.1, 0.15) is 6.04 Å². The lowest BCUT2D eigenvalue weighted by molar-refractivity contribution is -0.149. The molecule has 0 saturated carbocycles. The molecule has 2 amide bonds. The van der Waals surface area contributed by atoms with Crippen LogP contribution in [0.4, 0.5) is 0 Å². The molecule has 7 nitrogen and oxygen atoms in total. The molecular weight excluding hydrogens is 276 g/mol. The summed E-state index contributed by atoms with van der Waals surface area (Å²) in [4.78, 5) is 38.4. The third-order valence-corrected chi connectivity index (χ3v) is 4.00. The summed E-state index contributed by atoms with van der Waals surface area (Å²) in [7, 11) is 0. The van der Waals surface area contributed by atoms with Gasteiger partial charge in [0.2, 0.25) is 11.8 Å². The predicted octanol–water partition coefficient (Wildman–Crippen LogP) is -0.463. The molecule has 0 aromatic rings. The van der Waals surface area contributed by atoms with E-state index in [1.807, 2.05) is 13.8 Å². The first kappa shape index (κ1) is 15.8. The van der Waals surface area contributed by atoms with Gasteiger partial charge < -0.3 is 20.0 Å². The topological polar surface area (TPSA) is 98.2 Å². The van der Waals surface area contributed by atoms with Crippen molar-refractivity contribution in [1.82, 2.24) is 9.80 Å². The summed E-state index contributed by atoms with van der Waals surface area (Å²) < 4.78 is 0. The smallest absolute Gasteiger partial charge is 0.326 e. The summed E-state index contributed by atoms with van der Waals surface area (Å²) in [5.41, 5.74) is 0. The molecule has 0 aliphatic carbocycles. The second kappa shape index (κ2) is 6.01. The van der Waals surface area contributed by atoms with Crippen molar-refractivity contribution < 1.29 is 24.6 Å². The lowest BCUT2D eigenvalue weighted by Gasteiger charge is -2.24. The monoisotopic (exact) mass is 298 g/mol. The van der Waals surface area contributed by atoms with Crippen LogP contribution in [0, 0.1) is 11.8 Å². The SMILES string of the molecule is CC(C)CN1CC(C(=O)N2C[C@H](O)C[C@@H]2C(=O)O)CC1=O. The minimum atomic E-state index is -1.11. The van der Waals surface area contributed by atoms with E-state index in [1.54, 1.807) is 4.90 Å². The molecule has 2 saturated heterocycles. The Hall–Kier alpha value is -1.63. The summed E-state index contributed by atoms with van der Waals surface area (Å²) in [6.07, 6.45) is -0.624. The van der Waals surface area contributed by atoms with Gasteiger partial charge in [0, 0.05) is 32.5 Å². The summed E-state index contributed by atoms with van der Waals surface area (Å²) in [5.74, 6) is -1.68. The van der Waals surface area contributed by atoms with Crippen LogP contribution in [0.2, 0.25) is 0 Å². The van der Waals surface area contributed by atoms with Crippen molar-refractivity contribution in [2.24, 2.45) is 11.8 Å². The molecule has 2 aliphatic rings. The van der Waals surface area contributed by atoms with Gasteiger partial charge in [-0.1, -0.05) is 13.8 Å². The molecule has 2 aliphatic heterocycles. The van der Waals surface area contributed by atoms with E-state index in [9.17, 15) is 19.5 Å². The molecule has 2 heterocycles. The minimum absolute atomic E-state index is 0.0324. The fraction of sp³-hybridized carbons (Fsp3) is 0.786. The van der Waals surface area contributed by atoms with Crippen LogP contribution in [0.1, 0.15) is 26.7 Å². The Kier molecular flexibility index (Phi) is 4.51. The number of aliphatic hydroxyl groups excluding tert-OH is 1. The van der Waals surface area contributed by atoms with E-state index in [0.717, 1.165) is 0 Å². The predicted molar refractivity (Wildman–Crippen MR) is 73.3 cm³/mol. The fourth-order valence-corrected chi connectivity index (χ4v) is 3.08. The molecule has 2 N–H and O–H groups in total. The van der Waals surface area contributed by atoms with Gasteiger partial charge in [-0.25, -0.2) is 4.79 Å². The van der Waals surface area contributed by atoms with Crippen LogP contribution < -0.4 is 0 Å². The number of likely N-dealkylation sites (tertiary alicyclic amines) is 2. The molecule has 2 fully saturated rings. The van der Waals surface area contributed by atoms with E-state index in [4.69, 9.17) is 5.11 Å². The molecule has 0 radical (unpaired) electrons. The number of rotatable bonds is 4. The second-order valence-electron chi connectivity index (χ2n) is 6.33. The maximum absolute atomic E-state index is 12.5. The number of nitrogens with zero attached hydrogens (tertiary/aromatic N) is 2. The highest BCUT2D eigenvalue weighted by molar-refractivity contribution is 5.91. The van der Waals surface area contributed by atoms with Gasteiger partial charge in [-0.3, -0.25) is 9.59 Å². The molecule has 0 aromatic heterocycles. The maximum Gasteiger partial charge on any atom is 0.326 e. The summed E-state index contributed by atoms with van der Waals surface area (Å²) in [6, 6.07) is -0.984. The molecule has 0 aromatic carbocycles. The van der Waals surface area contributed by atoms with E-state index in [0.29, 0.717) is 19.0 Å². The quantitative estimate of drug-likeness (QED) is 0.731. The lowest BCUT2D eigenvalue weighted by atomic mass is 10.1. The number of β-amino-alcohol motifs (C(OH)–C–C–N with tert-alkyl or cyclic N) is 1. The lowest BCUT2D eigenvalue weighted by Crippen LogP contribution is -2.44. The molecule has 0 spiro atoms. The zero-order chi connectivity index (χ0) is 15.7. The largest absolute Gasteiger partial charge is 0.480 e. The average Bonchev–Trinajstić information content (AvgIpc) is 2.92. The third-order valence-electron chi connectivity index (χ3n) is 4.00. The van der Waals surface area contributed by atoms with Crippen molar-refractivity contribution in [3.8, 4) is 0 Å². The first-order chi connectivity index (χ1) is 9.79. The fourth-order valence-electron chi connectivity index (χ4n) is 3.08. The van der Waals surface area contributed by atoms with Crippen molar-refractivity contribution in [3.05, 3.63) is 0 Å². The Balaban J connectivity index is 2.04. The highest BCUT2D eigenvalue weighted by Gasteiger charge is 2.44. The van der Waals surface area contributed by atoms with Crippen LogP contribution in [0.15, 0.2) is 0 Å². The standard InChI is InChI=1S/C14H22N2O5/c1-8(2)5-15-6-9(3-12(15)18)13(19)16-7-10(17)4-11(16)14(20)21/h8-11,17H,3-7H2,1-2H3,(H,20,21)/t9?,10-,11-/m1/s1. The van der Waals surface area contributed by atoms with Crippen LogP contribution in [-0.4, -0.2) is 69.6 Å². The molecule has 3 atom stereocenters. The van der Waals surface area contributed by atoms with Gasteiger partial charge in [0.05, 0.1) is 12.0 Å². The van der Waals surface area contributed by atoms with Gasteiger partial charge in [0.25, 0.3) is 0 Å². The van der Waals surface area contributed by atoms with Gasteiger partial charge in [-0.15, -0.1) is 0 Å². The highest BCUT2D eigenvalue weighted by Crippen LogP contribution is 2.26. The summed E-state index contributed by atoms with van der Waals surface area (Å²) in [5, 5.41) is 18.7. The number of hydrogen-bond acceptors (Lipinski definition) is 4. The van der Waals surface area contributed by atoms with Crippen LogP contribution >= 0.6 is 0 Å². The molecule has 1 unspecified atom stereocenters. The van der Waals surface area contributed by atoms with Gasteiger partial charge >= 0.3 is 5.97 Å². The van der Waals surface area contributed by atoms with E-state index < -0.39 is 24.0 Å². The van der Waals surface area contributed by atoms with E-state index in [2.05, 4.69) is 0 Å². The number of carboxylic acids is 1. The second-order valence-corrected chi connectivity index (χ2v) is 6.33. The van der Waals surface area contributed by atoms with Crippen molar-refractivity contribution in [3.63, 3.8) is 0 Å². The van der Waals surface area contributed by atoms with Crippen LogP contribution in [0.3, 0.4) is 0 Å². The zero-order valence-electron chi connectivity index (χ0n) is 12.4. The number of carbonyl (C=O) groups is 3. The number of carboxylic acid groups (broad SMARTS) is 1. The normalized spacial score (nSPS) is 29.5. The zero-order valence-corrected chi connectivity index (χ0v) is 12.4. The summed E-state index contributed by atoms with van der Waals surface area (Å²) >= 11 is 0. The maximum atomic E-state index is 12.5. The number of carbonyl (C=O) groups excluding carboxylic acids is 2. The Morgan fingerprint density at radius 1 is 1.33 bits per heavy atom. The van der Waals surface area contributed by atoms with Gasteiger partial charge in [0.15, 0.2) is 0 Å². The van der Waals surface area contributed by atoms with Crippen molar-refractivity contribution >= 4 is 17.8 Å². The van der Waals surface area contributed by atoms with Gasteiger partial charge in [-0.2, -0.15) is 0 Å². The molecule has 2 rings (SSSR count).